The Morgan fingerprint density at radius 3 is 2.08 bits per heavy atom. The predicted octanol–water partition coefficient (Wildman–Crippen LogP) is 4.89. The number of carbonyl (C=O) groups is 1. The van der Waals surface area contributed by atoms with Crippen LogP contribution in [-0.4, -0.2) is 23.9 Å². The van der Waals surface area contributed by atoms with E-state index in [-0.39, 0.29) is 28.9 Å². The molecule has 1 aliphatic carbocycles. The van der Waals surface area contributed by atoms with Crippen molar-refractivity contribution in [1.82, 2.24) is 4.90 Å². The van der Waals surface area contributed by atoms with Crippen LogP contribution in [-0.2, 0) is 4.79 Å². The van der Waals surface area contributed by atoms with Crippen molar-refractivity contribution in [2.45, 2.75) is 31.6 Å². The molecule has 4 rings (SSSR count). The first-order valence-corrected chi connectivity index (χ1v) is 9.09. The number of benzene rings is 2. The van der Waals surface area contributed by atoms with Gasteiger partial charge in [0.1, 0.15) is 17.5 Å². The van der Waals surface area contributed by atoms with Gasteiger partial charge in [0, 0.05) is 24.6 Å². The standard InChI is InChI=1S/C21H20F3NO/c22-16-7-4-6-13(19(16)20-17(23)8-5-9-18(20)24)14-12-15(14)21(26)25-10-2-1-3-11-25/h4-9,14-15H,1-3,10-12H2. The lowest BCUT2D eigenvalue weighted by atomic mass is 9.94. The van der Waals surface area contributed by atoms with Crippen molar-refractivity contribution >= 4 is 5.91 Å². The van der Waals surface area contributed by atoms with E-state index in [2.05, 4.69) is 0 Å². The number of nitrogens with zero attached hydrogens (tertiary/aromatic N) is 1. The predicted molar refractivity (Wildman–Crippen MR) is 93.0 cm³/mol. The van der Waals surface area contributed by atoms with Gasteiger partial charge in [-0.1, -0.05) is 18.2 Å². The summed E-state index contributed by atoms with van der Waals surface area (Å²) in [5.74, 6) is -2.58. The Morgan fingerprint density at radius 1 is 0.846 bits per heavy atom. The molecule has 0 aromatic heterocycles. The van der Waals surface area contributed by atoms with E-state index in [0.717, 1.165) is 44.5 Å². The van der Waals surface area contributed by atoms with Crippen molar-refractivity contribution < 1.29 is 18.0 Å². The van der Waals surface area contributed by atoms with E-state index in [1.165, 1.54) is 18.2 Å². The second-order valence-electron chi connectivity index (χ2n) is 7.14. The van der Waals surface area contributed by atoms with Crippen molar-refractivity contribution in [1.29, 1.82) is 0 Å². The third-order valence-corrected chi connectivity index (χ3v) is 5.43. The number of hydrogen-bond acceptors (Lipinski definition) is 1. The summed E-state index contributed by atoms with van der Waals surface area (Å²) >= 11 is 0. The zero-order chi connectivity index (χ0) is 18.3. The summed E-state index contributed by atoms with van der Waals surface area (Å²) in [5.41, 5.74) is 0.114. The van der Waals surface area contributed by atoms with E-state index in [1.54, 1.807) is 6.07 Å². The molecule has 1 aliphatic heterocycles. The molecule has 0 N–H and O–H groups in total. The first-order valence-electron chi connectivity index (χ1n) is 9.09. The fourth-order valence-corrected chi connectivity index (χ4v) is 4.01. The molecular formula is C21H20F3NO. The average molecular weight is 359 g/mol. The smallest absolute Gasteiger partial charge is 0.226 e. The lowest BCUT2D eigenvalue weighted by Gasteiger charge is -2.27. The minimum atomic E-state index is -0.795. The molecule has 2 nitrogen and oxygen atoms in total. The minimum absolute atomic E-state index is 0.0537. The van der Waals surface area contributed by atoms with Crippen molar-refractivity contribution in [3.8, 4) is 11.1 Å². The number of amides is 1. The van der Waals surface area contributed by atoms with Crippen LogP contribution in [0.2, 0.25) is 0 Å². The lowest BCUT2D eigenvalue weighted by molar-refractivity contribution is -0.133. The van der Waals surface area contributed by atoms with Gasteiger partial charge in [-0.15, -0.1) is 0 Å². The van der Waals surface area contributed by atoms with Gasteiger partial charge in [-0.2, -0.15) is 0 Å². The van der Waals surface area contributed by atoms with Gasteiger partial charge >= 0.3 is 0 Å². The normalized spacial score (nSPS) is 22.3. The summed E-state index contributed by atoms with van der Waals surface area (Å²) in [5, 5.41) is 0. The van der Waals surface area contributed by atoms with Crippen LogP contribution in [0.3, 0.4) is 0 Å². The fraction of sp³-hybridized carbons (Fsp3) is 0.381. The summed E-state index contributed by atoms with van der Waals surface area (Å²) < 4.78 is 43.0. The first-order chi connectivity index (χ1) is 12.6. The Balaban J connectivity index is 1.67. The van der Waals surface area contributed by atoms with E-state index in [9.17, 15) is 18.0 Å². The van der Waals surface area contributed by atoms with Crippen molar-refractivity contribution in [2.24, 2.45) is 5.92 Å². The molecule has 1 saturated carbocycles. The minimum Gasteiger partial charge on any atom is -0.342 e. The summed E-state index contributed by atoms with van der Waals surface area (Å²) in [6.07, 6.45) is 3.75. The second-order valence-corrected chi connectivity index (χ2v) is 7.14. The van der Waals surface area contributed by atoms with Gasteiger partial charge in [0.2, 0.25) is 5.91 Å². The molecule has 1 amide bonds. The maximum absolute atomic E-state index is 14.5. The first kappa shape index (κ1) is 17.1. The SMILES string of the molecule is O=C(C1CC1c1cccc(F)c1-c1c(F)cccc1F)N1CCCCC1. The number of rotatable bonds is 3. The summed E-state index contributed by atoms with van der Waals surface area (Å²) in [4.78, 5) is 14.6. The molecule has 2 aromatic rings. The molecule has 2 aliphatic rings. The third-order valence-electron chi connectivity index (χ3n) is 5.43. The summed E-state index contributed by atoms with van der Waals surface area (Å²) in [7, 11) is 0. The van der Waals surface area contributed by atoms with Crippen LogP contribution in [0.25, 0.3) is 11.1 Å². The average Bonchev–Trinajstić information content (AvgIpc) is 3.43. The Morgan fingerprint density at radius 2 is 1.42 bits per heavy atom. The number of hydrogen-bond donors (Lipinski definition) is 0. The van der Waals surface area contributed by atoms with Gasteiger partial charge in [-0.25, -0.2) is 13.2 Å². The van der Waals surface area contributed by atoms with E-state index >= 15 is 0 Å². The topological polar surface area (TPSA) is 20.3 Å². The molecule has 2 fully saturated rings. The monoisotopic (exact) mass is 359 g/mol. The molecule has 0 bridgehead atoms. The molecule has 2 atom stereocenters. The highest BCUT2D eigenvalue weighted by Crippen LogP contribution is 2.52. The highest BCUT2D eigenvalue weighted by Gasteiger charge is 2.47. The summed E-state index contributed by atoms with van der Waals surface area (Å²) in [6, 6.07) is 7.92. The van der Waals surface area contributed by atoms with E-state index in [0.29, 0.717) is 12.0 Å². The van der Waals surface area contributed by atoms with Gasteiger partial charge in [0.15, 0.2) is 0 Å². The Hall–Kier alpha value is -2.30. The van der Waals surface area contributed by atoms with Crippen LogP contribution in [0, 0.1) is 23.4 Å². The van der Waals surface area contributed by atoms with Crippen LogP contribution in [0.4, 0.5) is 13.2 Å². The van der Waals surface area contributed by atoms with Gasteiger partial charge in [-0.05, 0) is 55.4 Å². The Kier molecular flexibility index (Phi) is 4.47. The number of halogens is 3. The molecule has 2 unspecified atom stereocenters. The number of carbonyl (C=O) groups excluding carboxylic acids is 1. The highest BCUT2D eigenvalue weighted by atomic mass is 19.1. The zero-order valence-electron chi connectivity index (χ0n) is 14.4. The van der Waals surface area contributed by atoms with E-state index in [4.69, 9.17) is 0 Å². The molecule has 0 radical (unpaired) electrons. The van der Waals surface area contributed by atoms with E-state index in [1.807, 2.05) is 4.90 Å². The van der Waals surface area contributed by atoms with Gasteiger partial charge in [0.05, 0.1) is 5.56 Å². The fourth-order valence-electron chi connectivity index (χ4n) is 4.01. The van der Waals surface area contributed by atoms with Crippen LogP contribution < -0.4 is 0 Å². The number of likely N-dealkylation sites (tertiary alicyclic amines) is 1. The quantitative estimate of drug-likeness (QED) is 0.764. The molecule has 1 heterocycles. The lowest BCUT2D eigenvalue weighted by Crippen LogP contribution is -2.36. The molecule has 2 aromatic carbocycles. The van der Waals surface area contributed by atoms with Crippen molar-refractivity contribution in [3.05, 3.63) is 59.4 Å². The maximum Gasteiger partial charge on any atom is 0.226 e. The van der Waals surface area contributed by atoms with Crippen LogP contribution in [0.15, 0.2) is 36.4 Å². The maximum atomic E-state index is 14.5. The second kappa shape index (κ2) is 6.78. The molecule has 0 spiro atoms. The van der Waals surface area contributed by atoms with Crippen molar-refractivity contribution in [3.63, 3.8) is 0 Å². The molecule has 136 valence electrons. The van der Waals surface area contributed by atoms with Crippen LogP contribution >= 0.6 is 0 Å². The largest absolute Gasteiger partial charge is 0.342 e. The Bertz CT molecular complexity index is 825. The van der Waals surface area contributed by atoms with Gasteiger partial charge < -0.3 is 4.90 Å². The molecular weight excluding hydrogens is 339 g/mol. The number of piperidine rings is 1. The van der Waals surface area contributed by atoms with Crippen LogP contribution in [0.1, 0.15) is 37.2 Å². The van der Waals surface area contributed by atoms with Gasteiger partial charge in [-0.3, -0.25) is 4.79 Å². The Labute approximate surface area is 150 Å². The van der Waals surface area contributed by atoms with Crippen molar-refractivity contribution in [2.75, 3.05) is 13.1 Å². The third kappa shape index (κ3) is 3.00. The summed E-state index contributed by atoms with van der Waals surface area (Å²) in [6.45, 7) is 1.53. The van der Waals surface area contributed by atoms with Gasteiger partial charge in [0.25, 0.3) is 0 Å². The molecule has 5 heteroatoms. The molecule has 1 saturated heterocycles. The van der Waals surface area contributed by atoms with E-state index < -0.39 is 17.5 Å². The van der Waals surface area contributed by atoms with Crippen LogP contribution in [0.5, 0.6) is 0 Å². The highest BCUT2D eigenvalue weighted by molar-refractivity contribution is 5.84. The zero-order valence-corrected chi connectivity index (χ0v) is 14.4. The molecule has 26 heavy (non-hydrogen) atoms.